The molecule has 3 rings (SSSR count). The topological polar surface area (TPSA) is 35.5 Å². The van der Waals surface area contributed by atoms with E-state index in [0.29, 0.717) is 31.7 Å². The monoisotopic (exact) mass is 218 g/mol. The van der Waals surface area contributed by atoms with Gasteiger partial charge in [-0.1, -0.05) is 30.3 Å². The molecule has 0 amide bonds. The molecule has 16 heavy (non-hydrogen) atoms. The van der Waals surface area contributed by atoms with E-state index in [1.807, 2.05) is 30.3 Å². The van der Waals surface area contributed by atoms with Gasteiger partial charge in [0.1, 0.15) is 0 Å². The standard InChI is InChI=1S/C13H14O3/c14-13-12-10(11(12)8-16-13)7-15-6-9-4-2-1-3-5-9/h1-5,10-12H,6-8H2/t10-,11-,12+/m0/s1. The van der Waals surface area contributed by atoms with Gasteiger partial charge in [0, 0.05) is 11.8 Å². The van der Waals surface area contributed by atoms with Crippen LogP contribution in [0.1, 0.15) is 5.56 Å². The number of carbonyl (C=O) groups is 1. The van der Waals surface area contributed by atoms with Crippen molar-refractivity contribution in [1.29, 1.82) is 0 Å². The molecule has 1 saturated heterocycles. The summed E-state index contributed by atoms with van der Waals surface area (Å²) < 4.78 is 10.5. The minimum absolute atomic E-state index is 0.0293. The number of cyclic esters (lactones) is 1. The highest BCUT2D eigenvalue weighted by atomic mass is 16.5. The van der Waals surface area contributed by atoms with Crippen molar-refractivity contribution in [3.05, 3.63) is 35.9 Å². The number of ether oxygens (including phenoxy) is 2. The predicted octanol–water partition coefficient (Wildman–Crippen LogP) is 1.62. The molecule has 0 N–H and O–H groups in total. The molecule has 1 saturated carbocycles. The molecule has 3 atom stereocenters. The maximum Gasteiger partial charge on any atom is 0.309 e. The number of rotatable bonds is 4. The molecule has 0 radical (unpaired) electrons. The Bertz CT molecular complexity index is 387. The summed E-state index contributed by atoms with van der Waals surface area (Å²) in [4.78, 5) is 11.2. The summed E-state index contributed by atoms with van der Waals surface area (Å²) in [6.45, 7) is 1.91. The number of hydrogen-bond acceptors (Lipinski definition) is 3. The Morgan fingerprint density at radius 1 is 1.31 bits per heavy atom. The van der Waals surface area contributed by atoms with E-state index in [1.165, 1.54) is 5.56 Å². The molecule has 0 aromatic heterocycles. The molecule has 1 aromatic rings. The zero-order chi connectivity index (χ0) is 11.0. The van der Waals surface area contributed by atoms with Crippen LogP contribution in [0.2, 0.25) is 0 Å². The first-order chi connectivity index (χ1) is 7.86. The molecule has 2 fully saturated rings. The average molecular weight is 218 g/mol. The van der Waals surface area contributed by atoms with E-state index in [4.69, 9.17) is 9.47 Å². The van der Waals surface area contributed by atoms with Crippen molar-refractivity contribution in [2.75, 3.05) is 13.2 Å². The predicted molar refractivity (Wildman–Crippen MR) is 57.5 cm³/mol. The summed E-state index contributed by atoms with van der Waals surface area (Å²) in [5.41, 5.74) is 1.18. The summed E-state index contributed by atoms with van der Waals surface area (Å²) >= 11 is 0. The van der Waals surface area contributed by atoms with Crippen molar-refractivity contribution < 1.29 is 14.3 Å². The summed E-state index contributed by atoms with van der Waals surface area (Å²) in [5, 5.41) is 0. The van der Waals surface area contributed by atoms with E-state index in [0.717, 1.165) is 0 Å². The van der Waals surface area contributed by atoms with Gasteiger partial charge in [-0.15, -0.1) is 0 Å². The number of benzene rings is 1. The van der Waals surface area contributed by atoms with Gasteiger partial charge in [0.2, 0.25) is 0 Å². The molecular weight excluding hydrogens is 204 g/mol. The Balaban J connectivity index is 1.44. The molecule has 1 heterocycles. The number of hydrogen-bond donors (Lipinski definition) is 0. The summed E-state index contributed by atoms with van der Waals surface area (Å²) in [5.74, 6) is 0.947. The van der Waals surface area contributed by atoms with E-state index in [1.54, 1.807) is 0 Å². The highest BCUT2D eigenvalue weighted by Crippen LogP contribution is 2.51. The lowest BCUT2D eigenvalue weighted by Gasteiger charge is -2.06. The zero-order valence-electron chi connectivity index (χ0n) is 8.96. The molecular formula is C13H14O3. The normalized spacial score (nSPS) is 31.0. The SMILES string of the molecule is O=C1OC[C@H]2[C@H](COCc3ccccc3)[C@@H]12. The summed E-state index contributed by atoms with van der Waals surface area (Å²) in [6, 6.07) is 10.1. The van der Waals surface area contributed by atoms with Crippen LogP contribution in [0.15, 0.2) is 30.3 Å². The Labute approximate surface area is 94.4 Å². The molecule has 84 valence electrons. The molecule has 0 bridgehead atoms. The molecule has 1 aromatic carbocycles. The van der Waals surface area contributed by atoms with Crippen LogP contribution < -0.4 is 0 Å². The Morgan fingerprint density at radius 3 is 2.81 bits per heavy atom. The third-order valence-corrected chi connectivity index (χ3v) is 3.44. The van der Waals surface area contributed by atoms with Gasteiger partial charge in [-0.05, 0) is 5.56 Å². The third-order valence-electron chi connectivity index (χ3n) is 3.44. The van der Waals surface area contributed by atoms with Crippen molar-refractivity contribution >= 4 is 5.97 Å². The van der Waals surface area contributed by atoms with E-state index >= 15 is 0 Å². The second-order valence-electron chi connectivity index (χ2n) is 4.48. The lowest BCUT2D eigenvalue weighted by Crippen LogP contribution is -2.09. The van der Waals surface area contributed by atoms with Gasteiger partial charge in [0.15, 0.2) is 0 Å². The molecule has 2 aliphatic rings. The van der Waals surface area contributed by atoms with Crippen LogP contribution in [-0.2, 0) is 20.9 Å². The van der Waals surface area contributed by atoms with Crippen LogP contribution in [0.5, 0.6) is 0 Å². The lowest BCUT2D eigenvalue weighted by atomic mass is 10.2. The van der Waals surface area contributed by atoms with Gasteiger partial charge < -0.3 is 9.47 Å². The van der Waals surface area contributed by atoms with Crippen molar-refractivity contribution in [3.63, 3.8) is 0 Å². The van der Waals surface area contributed by atoms with Crippen molar-refractivity contribution in [2.24, 2.45) is 17.8 Å². The van der Waals surface area contributed by atoms with Gasteiger partial charge in [-0.25, -0.2) is 0 Å². The van der Waals surface area contributed by atoms with E-state index in [2.05, 4.69) is 0 Å². The molecule has 1 aliphatic heterocycles. The summed E-state index contributed by atoms with van der Waals surface area (Å²) in [6.07, 6.45) is 0. The fourth-order valence-electron chi connectivity index (χ4n) is 2.41. The maximum atomic E-state index is 11.2. The Morgan fingerprint density at radius 2 is 2.12 bits per heavy atom. The van der Waals surface area contributed by atoms with Crippen LogP contribution in [0.3, 0.4) is 0 Å². The first kappa shape index (κ1) is 9.85. The van der Waals surface area contributed by atoms with Gasteiger partial charge in [0.25, 0.3) is 0 Å². The fourth-order valence-corrected chi connectivity index (χ4v) is 2.41. The quantitative estimate of drug-likeness (QED) is 0.720. The van der Waals surface area contributed by atoms with Gasteiger partial charge in [0.05, 0.1) is 25.7 Å². The number of carbonyl (C=O) groups excluding carboxylic acids is 1. The Kier molecular flexibility index (Phi) is 2.40. The third kappa shape index (κ3) is 1.71. The number of fused-ring (bicyclic) bond motifs is 1. The second-order valence-corrected chi connectivity index (χ2v) is 4.48. The largest absolute Gasteiger partial charge is 0.465 e. The van der Waals surface area contributed by atoms with Crippen molar-refractivity contribution in [2.45, 2.75) is 6.61 Å². The fraction of sp³-hybridized carbons (Fsp3) is 0.462. The minimum atomic E-state index is -0.0293. The van der Waals surface area contributed by atoms with Crippen LogP contribution in [0.4, 0.5) is 0 Å². The molecule has 0 unspecified atom stereocenters. The Hall–Kier alpha value is -1.35. The first-order valence-electron chi connectivity index (χ1n) is 5.64. The van der Waals surface area contributed by atoms with E-state index in [-0.39, 0.29) is 11.9 Å². The molecule has 1 aliphatic carbocycles. The first-order valence-corrected chi connectivity index (χ1v) is 5.64. The van der Waals surface area contributed by atoms with Crippen molar-refractivity contribution in [1.82, 2.24) is 0 Å². The lowest BCUT2D eigenvalue weighted by molar-refractivity contribution is -0.142. The van der Waals surface area contributed by atoms with E-state index < -0.39 is 0 Å². The van der Waals surface area contributed by atoms with Gasteiger partial charge >= 0.3 is 5.97 Å². The van der Waals surface area contributed by atoms with Gasteiger partial charge in [-0.3, -0.25) is 4.79 Å². The van der Waals surface area contributed by atoms with Gasteiger partial charge in [-0.2, -0.15) is 0 Å². The number of esters is 1. The minimum Gasteiger partial charge on any atom is -0.465 e. The average Bonchev–Trinajstić information content (AvgIpc) is 2.87. The highest BCUT2D eigenvalue weighted by molar-refractivity contribution is 5.79. The van der Waals surface area contributed by atoms with Crippen LogP contribution in [0, 0.1) is 17.8 Å². The van der Waals surface area contributed by atoms with Crippen molar-refractivity contribution in [3.8, 4) is 0 Å². The maximum absolute atomic E-state index is 11.2. The zero-order valence-corrected chi connectivity index (χ0v) is 8.96. The van der Waals surface area contributed by atoms with Crippen LogP contribution in [-0.4, -0.2) is 19.2 Å². The second kappa shape index (κ2) is 3.91. The highest BCUT2D eigenvalue weighted by Gasteiger charge is 2.60. The van der Waals surface area contributed by atoms with Crippen LogP contribution >= 0.6 is 0 Å². The van der Waals surface area contributed by atoms with Crippen LogP contribution in [0.25, 0.3) is 0 Å². The molecule has 0 spiro atoms. The molecule has 3 nitrogen and oxygen atoms in total. The van der Waals surface area contributed by atoms with E-state index in [9.17, 15) is 4.79 Å². The summed E-state index contributed by atoms with van der Waals surface area (Å²) in [7, 11) is 0. The molecule has 3 heteroatoms. The smallest absolute Gasteiger partial charge is 0.309 e.